The summed E-state index contributed by atoms with van der Waals surface area (Å²) in [7, 11) is 0. The van der Waals surface area contributed by atoms with Crippen molar-refractivity contribution in [1.29, 1.82) is 0 Å². The van der Waals surface area contributed by atoms with E-state index in [0.29, 0.717) is 22.9 Å². The van der Waals surface area contributed by atoms with E-state index in [1.807, 2.05) is 13.8 Å². The number of alkyl halides is 1. The summed E-state index contributed by atoms with van der Waals surface area (Å²) < 4.78 is 0. The molecule has 0 spiro atoms. The summed E-state index contributed by atoms with van der Waals surface area (Å²) in [4.78, 5) is 17.7. The minimum atomic E-state index is -0.426. The van der Waals surface area contributed by atoms with Crippen molar-refractivity contribution in [3.05, 3.63) is 28.3 Å². The Kier molecular flexibility index (Phi) is 3.61. The number of imidazole rings is 1. The van der Waals surface area contributed by atoms with Crippen LogP contribution in [0.2, 0.25) is 0 Å². The highest BCUT2D eigenvalue weighted by atomic mass is 35.5. The molecule has 1 aromatic heterocycles. The van der Waals surface area contributed by atoms with Crippen LogP contribution in [0.25, 0.3) is 11.0 Å². The first-order valence-corrected chi connectivity index (χ1v) is 6.43. The summed E-state index contributed by atoms with van der Waals surface area (Å²) in [6.45, 7) is 4.04. The van der Waals surface area contributed by atoms with Crippen LogP contribution in [0.15, 0.2) is 18.2 Å². The van der Waals surface area contributed by atoms with Crippen molar-refractivity contribution in [2.45, 2.75) is 25.8 Å². The number of hydrogen-bond acceptors (Lipinski definition) is 4. The number of aromatic nitrogens is 2. The number of benzene rings is 1. The number of anilines is 1. The highest BCUT2D eigenvalue weighted by Gasteiger charge is 2.18. The van der Waals surface area contributed by atoms with E-state index >= 15 is 0 Å². The van der Waals surface area contributed by atoms with Gasteiger partial charge in [-0.15, -0.1) is 11.6 Å². The number of halogens is 1. The number of nitrogens with one attached hydrogen (secondary N) is 2. The van der Waals surface area contributed by atoms with Gasteiger partial charge in [0.05, 0.1) is 16.0 Å². The fourth-order valence-corrected chi connectivity index (χ4v) is 2.26. The first-order chi connectivity index (χ1) is 8.91. The number of H-pyrrole nitrogens is 1. The van der Waals surface area contributed by atoms with Crippen LogP contribution in [-0.2, 0) is 0 Å². The molecular formula is C12H15ClN4O2. The molecule has 0 unspecified atom stereocenters. The molecule has 0 radical (unpaired) electrons. The van der Waals surface area contributed by atoms with Crippen molar-refractivity contribution in [1.82, 2.24) is 9.97 Å². The van der Waals surface area contributed by atoms with Gasteiger partial charge in [-0.1, -0.05) is 0 Å². The average Bonchev–Trinajstić information content (AvgIpc) is 2.68. The molecule has 0 bridgehead atoms. The Balaban J connectivity index is 2.29. The minimum Gasteiger partial charge on any atom is -0.351 e. The lowest BCUT2D eigenvalue weighted by Crippen LogP contribution is -2.31. The molecule has 1 aromatic carbocycles. The Morgan fingerprint density at radius 3 is 2.89 bits per heavy atom. The second-order valence-corrected chi connectivity index (χ2v) is 5.37. The summed E-state index contributed by atoms with van der Waals surface area (Å²) in [5.41, 5.74) is 1.18. The van der Waals surface area contributed by atoms with Gasteiger partial charge in [-0.05, 0) is 26.3 Å². The molecule has 0 aliphatic rings. The highest BCUT2D eigenvalue weighted by Crippen LogP contribution is 2.23. The Morgan fingerprint density at radius 2 is 2.26 bits per heavy atom. The maximum absolute atomic E-state index is 10.7. The molecular weight excluding hydrogens is 268 g/mol. The molecule has 6 nitrogen and oxygen atoms in total. The van der Waals surface area contributed by atoms with Gasteiger partial charge >= 0.3 is 0 Å². The molecule has 2 rings (SSSR count). The minimum absolute atomic E-state index is 0.0442. The number of hydrogen-bond donors (Lipinski definition) is 2. The van der Waals surface area contributed by atoms with Crippen molar-refractivity contribution in [2.75, 3.05) is 11.2 Å². The fourth-order valence-electron chi connectivity index (χ4n) is 1.79. The third-order valence-corrected chi connectivity index (χ3v) is 3.04. The van der Waals surface area contributed by atoms with Crippen LogP contribution >= 0.6 is 11.6 Å². The average molecular weight is 283 g/mol. The number of nitrogens with zero attached hydrogens (tertiary/aromatic N) is 2. The zero-order valence-corrected chi connectivity index (χ0v) is 11.5. The van der Waals surface area contributed by atoms with Gasteiger partial charge in [-0.3, -0.25) is 10.1 Å². The summed E-state index contributed by atoms with van der Waals surface area (Å²) in [6, 6.07) is 4.54. The SMILES string of the molecule is CC(C)(CCCl)Nc1nc2ccc([N+](=O)[O-])cc2[nH]1. The van der Waals surface area contributed by atoms with Crippen LogP contribution in [0.1, 0.15) is 20.3 Å². The summed E-state index contributed by atoms with van der Waals surface area (Å²) in [6.07, 6.45) is 0.783. The number of nitro benzene ring substituents is 1. The zero-order chi connectivity index (χ0) is 14.0. The lowest BCUT2D eigenvalue weighted by atomic mass is 10.0. The monoisotopic (exact) mass is 282 g/mol. The third-order valence-electron chi connectivity index (χ3n) is 2.85. The van der Waals surface area contributed by atoms with Gasteiger partial charge in [-0.2, -0.15) is 0 Å². The standard InChI is InChI=1S/C12H15ClN4O2/c1-12(2,5-6-13)16-11-14-9-4-3-8(17(18)19)7-10(9)15-11/h3-4,7H,5-6H2,1-2H3,(H2,14,15,16). The maximum atomic E-state index is 10.7. The number of non-ortho nitro benzene ring substituents is 1. The molecule has 2 N–H and O–H groups in total. The van der Waals surface area contributed by atoms with Crippen molar-refractivity contribution in [2.24, 2.45) is 0 Å². The molecule has 0 atom stereocenters. The lowest BCUT2D eigenvalue weighted by Gasteiger charge is -2.24. The molecule has 0 aliphatic carbocycles. The van der Waals surface area contributed by atoms with Crippen molar-refractivity contribution in [3.63, 3.8) is 0 Å². The van der Waals surface area contributed by atoms with E-state index in [0.717, 1.165) is 6.42 Å². The Hall–Kier alpha value is -1.82. The van der Waals surface area contributed by atoms with Crippen molar-refractivity contribution >= 4 is 34.3 Å². The molecule has 1 heterocycles. The van der Waals surface area contributed by atoms with Gasteiger partial charge in [0.1, 0.15) is 0 Å². The Labute approximate surface area is 115 Å². The molecule has 102 valence electrons. The number of fused-ring (bicyclic) bond motifs is 1. The number of nitro groups is 1. The first-order valence-electron chi connectivity index (χ1n) is 5.89. The van der Waals surface area contributed by atoms with E-state index in [1.165, 1.54) is 12.1 Å². The highest BCUT2D eigenvalue weighted by molar-refractivity contribution is 6.17. The van der Waals surface area contributed by atoms with E-state index in [-0.39, 0.29) is 11.2 Å². The fraction of sp³-hybridized carbons (Fsp3) is 0.417. The van der Waals surface area contributed by atoms with Gasteiger partial charge < -0.3 is 10.3 Å². The second-order valence-electron chi connectivity index (χ2n) is 4.99. The second kappa shape index (κ2) is 5.05. The van der Waals surface area contributed by atoms with Gasteiger partial charge in [0.25, 0.3) is 5.69 Å². The Bertz CT molecular complexity index is 609. The van der Waals surface area contributed by atoms with E-state index in [9.17, 15) is 10.1 Å². The molecule has 7 heteroatoms. The molecule has 0 amide bonds. The van der Waals surface area contributed by atoms with Crippen LogP contribution in [0.4, 0.5) is 11.6 Å². The molecule has 0 saturated carbocycles. The van der Waals surface area contributed by atoms with Crippen LogP contribution in [-0.4, -0.2) is 26.3 Å². The van der Waals surface area contributed by atoms with E-state index in [4.69, 9.17) is 11.6 Å². The van der Waals surface area contributed by atoms with Crippen molar-refractivity contribution in [3.8, 4) is 0 Å². The number of aromatic amines is 1. The van der Waals surface area contributed by atoms with Crippen LogP contribution in [0.3, 0.4) is 0 Å². The smallest absolute Gasteiger partial charge is 0.271 e. The third kappa shape index (κ3) is 3.14. The topological polar surface area (TPSA) is 83.8 Å². The normalized spacial score (nSPS) is 11.7. The van der Waals surface area contributed by atoms with E-state index < -0.39 is 4.92 Å². The predicted molar refractivity (Wildman–Crippen MR) is 75.8 cm³/mol. The summed E-state index contributed by atoms with van der Waals surface area (Å²) in [5, 5.41) is 13.9. The van der Waals surface area contributed by atoms with Gasteiger partial charge in [0.15, 0.2) is 0 Å². The van der Waals surface area contributed by atoms with Crippen LogP contribution in [0, 0.1) is 10.1 Å². The molecule has 0 fully saturated rings. The van der Waals surface area contributed by atoms with Crippen LogP contribution in [0.5, 0.6) is 0 Å². The van der Waals surface area contributed by atoms with Gasteiger partial charge in [0.2, 0.25) is 5.95 Å². The molecule has 2 aromatic rings. The van der Waals surface area contributed by atoms with E-state index in [1.54, 1.807) is 6.07 Å². The molecule has 19 heavy (non-hydrogen) atoms. The van der Waals surface area contributed by atoms with Gasteiger partial charge in [-0.25, -0.2) is 4.98 Å². The number of rotatable bonds is 5. The van der Waals surface area contributed by atoms with Crippen molar-refractivity contribution < 1.29 is 4.92 Å². The Morgan fingerprint density at radius 1 is 1.53 bits per heavy atom. The van der Waals surface area contributed by atoms with E-state index in [2.05, 4.69) is 15.3 Å². The summed E-state index contributed by atoms with van der Waals surface area (Å²) in [5.74, 6) is 1.14. The van der Waals surface area contributed by atoms with Crippen LogP contribution < -0.4 is 5.32 Å². The molecule has 0 saturated heterocycles. The molecule has 0 aliphatic heterocycles. The zero-order valence-electron chi connectivity index (χ0n) is 10.7. The predicted octanol–water partition coefficient (Wildman–Crippen LogP) is 3.29. The largest absolute Gasteiger partial charge is 0.351 e. The first kappa shape index (κ1) is 13.6. The lowest BCUT2D eigenvalue weighted by molar-refractivity contribution is -0.384. The summed E-state index contributed by atoms with van der Waals surface area (Å²) >= 11 is 5.74. The maximum Gasteiger partial charge on any atom is 0.271 e. The van der Waals surface area contributed by atoms with Gasteiger partial charge in [0, 0.05) is 23.6 Å². The quantitative estimate of drug-likeness (QED) is 0.501.